The third-order valence-corrected chi connectivity index (χ3v) is 7.21. The summed E-state index contributed by atoms with van der Waals surface area (Å²) in [6.45, 7) is 0.969. The van der Waals surface area contributed by atoms with Gasteiger partial charge in [0, 0.05) is 23.5 Å². The Morgan fingerprint density at radius 2 is 1.78 bits per heavy atom. The molecule has 140 valence electrons. The average Bonchev–Trinajstić information content (AvgIpc) is 3.30. The Balaban J connectivity index is 1.21. The van der Waals surface area contributed by atoms with Crippen LogP contribution in [-0.2, 0) is 19.4 Å². The third-order valence-electron chi connectivity index (χ3n) is 6.01. The number of aromatic nitrogens is 2. The van der Waals surface area contributed by atoms with E-state index >= 15 is 0 Å². The smallest absolute Gasteiger partial charge is 0.138 e. The fraction of sp³-hybridized carbons (Fsp3) is 0.455. The van der Waals surface area contributed by atoms with E-state index < -0.39 is 0 Å². The average molecular weight is 379 g/mol. The number of thiophene rings is 1. The molecule has 0 atom stereocenters. The maximum atomic E-state index is 4.61. The van der Waals surface area contributed by atoms with Gasteiger partial charge in [0.2, 0.25) is 0 Å². The quantitative estimate of drug-likeness (QED) is 0.676. The summed E-state index contributed by atoms with van der Waals surface area (Å²) in [6.07, 6.45) is 10.3. The van der Waals surface area contributed by atoms with E-state index in [1.165, 1.54) is 66.3 Å². The van der Waals surface area contributed by atoms with Crippen LogP contribution in [0.15, 0.2) is 36.7 Å². The van der Waals surface area contributed by atoms with Gasteiger partial charge in [0.25, 0.3) is 0 Å². The summed E-state index contributed by atoms with van der Waals surface area (Å²) in [7, 11) is 0. The van der Waals surface area contributed by atoms with E-state index in [1.807, 2.05) is 11.3 Å². The summed E-state index contributed by atoms with van der Waals surface area (Å²) in [5, 5.41) is 8.80. The van der Waals surface area contributed by atoms with Gasteiger partial charge in [-0.25, -0.2) is 9.97 Å². The summed E-state index contributed by atoms with van der Waals surface area (Å²) < 4.78 is 0. The van der Waals surface area contributed by atoms with Crippen LogP contribution in [0.1, 0.15) is 48.1 Å². The number of fused-ring (bicyclic) bond motifs is 3. The molecule has 5 heteroatoms. The van der Waals surface area contributed by atoms with Gasteiger partial charge in [-0.3, -0.25) is 0 Å². The molecule has 2 N–H and O–H groups in total. The van der Waals surface area contributed by atoms with E-state index in [1.54, 1.807) is 6.33 Å². The Bertz CT molecular complexity index is 913. The highest BCUT2D eigenvalue weighted by atomic mass is 32.1. The van der Waals surface area contributed by atoms with Crippen LogP contribution in [0.2, 0.25) is 0 Å². The molecule has 5 rings (SSSR count). The fourth-order valence-electron chi connectivity index (χ4n) is 4.53. The lowest BCUT2D eigenvalue weighted by Crippen LogP contribution is -2.36. The van der Waals surface area contributed by atoms with Gasteiger partial charge < -0.3 is 10.6 Å². The molecule has 1 aromatic carbocycles. The molecule has 0 amide bonds. The van der Waals surface area contributed by atoms with Crippen molar-refractivity contribution in [2.45, 2.75) is 63.6 Å². The van der Waals surface area contributed by atoms with Crippen molar-refractivity contribution in [2.75, 3.05) is 5.32 Å². The number of anilines is 1. The number of benzene rings is 1. The van der Waals surface area contributed by atoms with Gasteiger partial charge in [-0.05, 0) is 56.1 Å². The molecule has 0 radical (unpaired) electrons. The third kappa shape index (κ3) is 3.58. The normalized spacial score (nSPS) is 22.1. The molecule has 2 aliphatic carbocycles. The minimum absolute atomic E-state index is 0.523. The second-order valence-electron chi connectivity index (χ2n) is 7.82. The monoisotopic (exact) mass is 378 g/mol. The van der Waals surface area contributed by atoms with Crippen molar-refractivity contribution >= 4 is 27.4 Å². The second-order valence-corrected chi connectivity index (χ2v) is 8.90. The van der Waals surface area contributed by atoms with E-state index in [0.29, 0.717) is 12.1 Å². The maximum Gasteiger partial charge on any atom is 0.138 e. The standard InChI is InChI=1S/C22H26N4S/c1-2-5-15(6-3-1)13-23-16-9-11-17(12-10-16)26-21-20-18-7-4-8-19(18)27-22(20)25-14-24-21/h1-3,5-6,14,16-17,23H,4,7-13H2,(H,24,25,26). The first-order valence-electron chi connectivity index (χ1n) is 10.2. The van der Waals surface area contributed by atoms with Crippen molar-refractivity contribution in [2.24, 2.45) is 0 Å². The van der Waals surface area contributed by atoms with Crippen LogP contribution in [0.5, 0.6) is 0 Å². The molecule has 2 aliphatic rings. The molecule has 2 aromatic heterocycles. The van der Waals surface area contributed by atoms with Crippen LogP contribution in [-0.4, -0.2) is 22.1 Å². The molecular weight excluding hydrogens is 352 g/mol. The predicted molar refractivity (Wildman–Crippen MR) is 112 cm³/mol. The summed E-state index contributed by atoms with van der Waals surface area (Å²) >= 11 is 1.87. The largest absolute Gasteiger partial charge is 0.367 e. The summed E-state index contributed by atoms with van der Waals surface area (Å²) in [5.41, 5.74) is 2.88. The van der Waals surface area contributed by atoms with Gasteiger partial charge in [-0.2, -0.15) is 0 Å². The SMILES string of the molecule is c1ccc(CNC2CCC(Nc3ncnc4sc5c(c34)CCC5)CC2)cc1. The number of hydrogen-bond donors (Lipinski definition) is 2. The number of rotatable bonds is 5. The minimum atomic E-state index is 0.523. The first-order valence-corrected chi connectivity index (χ1v) is 11.0. The van der Waals surface area contributed by atoms with Crippen molar-refractivity contribution in [1.82, 2.24) is 15.3 Å². The summed E-state index contributed by atoms with van der Waals surface area (Å²) in [5.74, 6) is 1.07. The lowest BCUT2D eigenvalue weighted by Gasteiger charge is -2.30. The zero-order valence-electron chi connectivity index (χ0n) is 15.6. The van der Waals surface area contributed by atoms with Crippen molar-refractivity contribution in [3.05, 3.63) is 52.7 Å². The van der Waals surface area contributed by atoms with Gasteiger partial charge in [0.1, 0.15) is 17.0 Å². The molecule has 1 fully saturated rings. The Kier molecular flexibility index (Phi) is 4.80. The Labute approximate surface area is 164 Å². The topological polar surface area (TPSA) is 49.8 Å². The van der Waals surface area contributed by atoms with Crippen LogP contribution in [0, 0.1) is 0 Å². The molecule has 27 heavy (non-hydrogen) atoms. The first kappa shape index (κ1) is 17.1. The number of nitrogens with one attached hydrogen (secondary N) is 2. The van der Waals surface area contributed by atoms with Crippen LogP contribution >= 0.6 is 11.3 Å². The molecule has 0 unspecified atom stereocenters. The Morgan fingerprint density at radius 3 is 2.63 bits per heavy atom. The zero-order valence-corrected chi connectivity index (χ0v) is 16.4. The van der Waals surface area contributed by atoms with Gasteiger partial charge in [0.05, 0.1) is 5.39 Å². The summed E-state index contributed by atoms with van der Waals surface area (Å²) in [4.78, 5) is 11.8. The van der Waals surface area contributed by atoms with E-state index in [9.17, 15) is 0 Å². The molecule has 4 nitrogen and oxygen atoms in total. The van der Waals surface area contributed by atoms with Gasteiger partial charge >= 0.3 is 0 Å². The first-order chi connectivity index (χ1) is 13.4. The molecule has 0 bridgehead atoms. The molecule has 0 aliphatic heterocycles. The van der Waals surface area contributed by atoms with E-state index in [2.05, 4.69) is 50.9 Å². The molecule has 3 aromatic rings. The lowest BCUT2D eigenvalue weighted by atomic mass is 9.91. The van der Waals surface area contributed by atoms with E-state index in [0.717, 1.165) is 17.2 Å². The lowest BCUT2D eigenvalue weighted by molar-refractivity contribution is 0.352. The number of aryl methyl sites for hydroxylation is 2. The molecule has 0 spiro atoms. The van der Waals surface area contributed by atoms with Crippen LogP contribution < -0.4 is 10.6 Å². The molecular formula is C22H26N4S. The van der Waals surface area contributed by atoms with Gasteiger partial charge in [0.15, 0.2) is 0 Å². The highest BCUT2D eigenvalue weighted by molar-refractivity contribution is 7.19. The second kappa shape index (κ2) is 7.56. The summed E-state index contributed by atoms with van der Waals surface area (Å²) in [6, 6.07) is 11.8. The van der Waals surface area contributed by atoms with E-state index in [4.69, 9.17) is 0 Å². The molecule has 1 saturated carbocycles. The zero-order chi connectivity index (χ0) is 18.1. The van der Waals surface area contributed by atoms with Crippen molar-refractivity contribution in [3.63, 3.8) is 0 Å². The van der Waals surface area contributed by atoms with Crippen molar-refractivity contribution < 1.29 is 0 Å². The number of hydrogen-bond acceptors (Lipinski definition) is 5. The molecule has 0 saturated heterocycles. The van der Waals surface area contributed by atoms with Crippen LogP contribution in [0.4, 0.5) is 5.82 Å². The highest BCUT2D eigenvalue weighted by Crippen LogP contribution is 2.39. The highest BCUT2D eigenvalue weighted by Gasteiger charge is 2.24. The van der Waals surface area contributed by atoms with Gasteiger partial charge in [-0.15, -0.1) is 11.3 Å². The van der Waals surface area contributed by atoms with E-state index in [-0.39, 0.29) is 0 Å². The number of nitrogens with zero attached hydrogens (tertiary/aromatic N) is 2. The minimum Gasteiger partial charge on any atom is -0.367 e. The van der Waals surface area contributed by atoms with Crippen molar-refractivity contribution in [1.29, 1.82) is 0 Å². The molecule has 2 heterocycles. The van der Waals surface area contributed by atoms with Crippen molar-refractivity contribution in [3.8, 4) is 0 Å². The Hall–Kier alpha value is -1.98. The Morgan fingerprint density at radius 1 is 0.963 bits per heavy atom. The van der Waals surface area contributed by atoms with Crippen LogP contribution in [0.25, 0.3) is 10.2 Å². The predicted octanol–water partition coefficient (Wildman–Crippen LogP) is 4.69. The fourth-order valence-corrected chi connectivity index (χ4v) is 5.76. The maximum absolute atomic E-state index is 4.61. The van der Waals surface area contributed by atoms with Crippen LogP contribution in [0.3, 0.4) is 0 Å². The van der Waals surface area contributed by atoms with Gasteiger partial charge in [-0.1, -0.05) is 30.3 Å².